The number of carbonyl (C=O) groups is 1. The summed E-state index contributed by atoms with van der Waals surface area (Å²) in [6.07, 6.45) is 4.11. The third-order valence-electron chi connectivity index (χ3n) is 7.00. The van der Waals surface area contributed by atoms with Crippen molar-refractivity contribution in [2.45, 2.75) is 69.8 Å². The highest BCUT2D eigenvalue weighted by Gasteiger charge is 2.33. The molecular formula is C23H32F3N3O2. The number of nitrogens with zero attached hydrogens (tertiary/aromatic N) is 2. The van der Waals surface area contributed by atoms with Crippen LogP contribution in [0.1, 0.15) is 51.4 Å². The molecule has 8 heteroatoms. The highest BCUT2D eigenvalue weighted by Crippen LogP contribution is 2.30. The van der Waals surface area contributed by atoms with Crippen molar-refractivity contribution >= 4 is 11.6 Å². The number of piperazine rings is 1. The van der Waals surface area contributed by atoms with Crippen molar-refractivity contribution in [3.05, 3.63) is 24.3 Å². The quantitative estimate of drug-likeness (QED) is 0.726. The average molecular weight is 440 g/mol. The number of alkyl halides is 3. The first-order valence-electron chi connectivity index (χ1n) is 11.5. The number of hydrogen-bond acceptors (Lipinski definition) is 4. The Morgan fingerprint density at radius 2 is 1.52 bits per heavy atom. The third kappa shape index (κ3) is 6.05. The zero-order valence-corrected chi connectivity index (χ0v) is 17.9. The van der Waals surface area contributed by atoms with Crippen LogP contribution in [0, 0.1) is 5.92 Å². The molecule has 1 saturated heterocycles. The van der Waals surface area contributed by atoms with Crippen molar-refractivity contribution in [1.29, 1.82) is 0 Å². The molecule has 2 aliphatic carbocycles. The van der Waals surface area contributed by atoms with E-state index in [4.69, 9.17) is 0 Å². The maximum atomic E-state index is 13.0. The topological polar surface area (TPSA) is 44.8 Å². The van der Waals surface area contributed by atoms with E-state index in [0.29, 0.717) is 5.91 Å². The van der Waals surface area contributed by atoms with Gasteiger partial charge in [-0.05, 0) is 62.8 Å². The number of amides is 1. The molecule has 0 bridgehead atoms. The molecule has 2 saturated carbocycles. The second kappa shape index (κ2) is 9.67. The number of carbonyl (C=O) groups excluding carboxylic acids is 1. The summed E-state index contributed by atoms with van der Waals surface area (Å²) >= 11 is 0. The van der Waals surface area contributed by atoms with Crippen molar-refractivity contribution in [2.24, 2.45) is 5.92 Å². The van der Waals surface area contributed by atoms with Gasteiger partial charge in [-0.3, -0.25) is 9.69 Å². The molecule has 0 unspecified atom stereocenters. The molecule has 0 aromatic heterocycles. The maximum Gasteiger partial charge on any atom is 0.573 e. The van der Waals surface area contributed by atoms with Crippen molar-refractivity contribution < 1.29 is 22.7 Å². The van der Waals surface area contributed by atoms with Gasteiger partial charge in [0.1, 0.15) is 5.75 Å². The van der Waals surface area contributed by atoms with Gasteiger partial charge in [0.05, 0.1) is 0 Å². The molecule has 1 N–H and O–H groups in total. The van der Waals surface area contributed by atoms with E-state index in [1.54, 1.807) is 12.1 Å². The first-order chi connectivity index (χ1) is 14.9. The fourth-order valence-corrected chi connectivity index (χ4v) is 5.31. The lowest BCUT2D eigenvalue weighted by Crippen LogP contribution is -2.53. The van der Waals surface area contributed by atoms with Gasteiger partial charge >= 0.3 is 6.36 Å². The van der Waals surface area contributed by atoms with Gasteiger partial charge in [-0.2, -0.15) is 0 Å². The van der Waals surface area contributed by atoms with Gasteiger partial charge < -0.3 is 15.0 Å². The van der Waals surface area contributed by atoms with E-state index in [2.05, 4.69) is 19.9 Å². The lowest BCUT2D eigenvalue weighted by atomic mass is 9.85. The Morgan fingerprint density at radius 1 is 0.903 bits per heavy atom. The lowest BCUT2D eigenvalue weighted by Gasteiger charge is -2.40. The molecule has 0 atom stereocenters. The molecule has 1 aromatic carbocycles. The average Bonchev–Trinajstić information content (AvgIpc) is 3.29. The van der Waals surface area contributed by atoms with Crippen LogP contribution in [0.4, 0.5) is 18.9 Å². The van der Waals surface area contributed by atoms with Gasteiger partial charge in [-0.1, -0.05) is 12.8 Å². The minimum Gasteiger partial charge on any atom is -0.406 e. The number of rotatable bonds is 5. The Morgan fingerprint density at radius 3 is 2.10 bits per heavy atom. The molecule has 1 aliphatic heterocycles. The molecule has 3 aliphatic rings. The van der Waals surface area contributed by atoms with E-state index in [0.717, 1.165) is 63.6 Å². The molecule has 3 fully saturated rings. The molecule has 1 heterocycles. The van der Waals surface area contributed by atoms with E-state index in [1.165, 1.54) is 37.8 Å². The summed E-state index contributed by atoms with van der Waals surface area (Å²) < 4.78 is 40.7. The Labute approximate surface area is 181 Å². The van der Waals surface area contributed by atoms with Crippen LogP contribution in [-0.2, 0) is 4.79 Å². The third-order valence-corrected chi connectivity index (χ3v) is 7.00. The summed E-state index contributed by atoms with van der Waals surface area (Å²) in [7, 11) is 0. The Bertz CT molecular complexity index is 719. The van der Waals surface area contributed by atoms with Gasteiger partial charge in [-0.15, -0.1) is 13.2 Å². The van der Waals surface area contributed by atoms with Crippen molar-refractivity contribution in [3.63, 3.8) is 0 Å². The van der Waals surface area contributed by atoms with Crippen LogP contribution in [0.15, 0.2) is 24.3 Å². The number of nitrogens with one attached hydrogen (secondary N) is 1. The first kappa shape index (κ1) is 22.2. The second-order valence-electron chi connectivity index (χ2n) is 9.06. The Kier molecular flexibility index (Phi) is 6.94. The van der Waals surface area contributed by atoms with Crippen LogP contribution in [0.3, 0.4) is 0 Å². The standard InChI is InChI=1S/C23H32F3N3O2/c24-23(25,26)31-21-11-9-19(10-12-21)27-18-7-5-17(6-8-18)22(30)29-15-13-28(14-16-29)20-3-1-2-4-20/h9-12,17-18,20,27H,1-8,13-16H2/t17-,18-. The molecular weight excluding hydrogens is 407 g/mol. The Hall–Kier alpha value is -1.96. The van der Waals surface area contributed by atoms with Crippen molar-refractivity contribution in [1.82, 2.24) is 9.80 Å². The SMILES string of the molecule is O=C([C@H]1CC[C@H](Nc2ccc(OC(F)(F)F)cc2)CC1)N1CCN(C2CCCC2)CC1. The van der Waals surface area contributed by atoms with E-state index < -0.39 is 6.36 Å². The van der Waals surface area contributed by atoms with E-state index in [-0.39, 0.29) is 17.7 Å². The fraction of sp³-hybridized carbons (Fsp3) is 0.696. The van der Waals surface area contributed by atoms with E-state index in [1.807, 2.05) is 0 Å². The minimum atomic E-state index is -4.68. The zero-order chi connectivity index (χ0) is 21.8. The molecule has 31 heavy (non-hydrogen) atoms. The van der Waals surface area contributed by atoms with Gasteiger partial charge in [0.25, 0.3) is 0 Å². The molecule has 4 rings (SSSR count). The number of benzene rings is 1. The van der Waals surface area contributed by atoms with Crippen LogP contribution in [0.2, 0.25) is 0 Å². The summed E-state index contributed by atoms with van der Waals surface area (Å²) in [5, 5.41) is 3.38. The summed E-state index contributed by atoms with van der Waals surface area (Å²) in [6, 6.07) is 6.79. The predicted molar refractivity (Wildman–Crippen MR) is 113 cm³/mol. The zero-order valence-electron chi connectivity index (χ0n) is 17.9. The summed E-state index contributed by atoms with van der Waals surface area (Å²) in [5.41, 5.74) is 0.771. The Balaban J connectivity index is 1.19. The van der Waals surface area contributed by atoms with E-state index in [9.17, 15) is 18.0 Å². The fourth-order valence-electron chi connectivity index (χ4n) is 5.31. The largest absolute Gasteiger partial charge is 0.573 e. The van der Waals surface area contributed by atoms with Crippen LogP contribution in [0.5, 0.6) is 5.75 Å². The molecule has 0 radical (unpaired) electrons. The number of hydrogen-bond donors (Lipinski definition) is 1. The highest BCUT2D eigenvalue weighted by atomic mass is 19.4. The first-order valence-corrected chi connectivity index (χ1v) is 11.5. The maximum absolute atomic E-state index is 13.0. The van der Waals surface area contributed by atoms with Crippen LogP contribution < -0.4 is 10.1 Å². The van der Waals surface area contributed by atoms with Gasteiger partial charge in [0.2, 0.25) is 5.91 Å². The molecule has 1 amide bonds. The smallest absolute Gasteiger partial charge is 0.406 e. The van der Waals surface area contributed by atoms with Crippen LogP contribution in [-0.4, -0.2) is 60.3 Å². The number of ether oxygens (including phenoxy) is 1. The molecule has 1 aromatic rings. The van der Waals surface area contributed by atoms with Gasteiger partial charge in [0, 0.05) is 49.9 Å². The van der Waals surface area contributed by atoms with Crippen molar-refractivity contribution in [2.75, 3.05) is 31.5 Å². The molecule has 172 valence electrons. The molecule has 0 spiro atoms. The van der Waals surface area contributed by atoms with Gasteiger partial charge in [0.15, 0.2) is 0 Å². The summed E-state index contributed by atoms with van der Waals surface area (Å²) in [4.78, 5) is 17.6. The van der Waals surface area contributed by atoms with E-state index >= 15 is 0 Å². The normalized spacial score (nSPS) is 26.1. The van der Waals surface area contributed by atoms with Crippen LogP contribution >= 0.6 is 0 Å². The summed E-state index contributed by atoms with van der Waals surface area (Å²) in [5.74, 6) is 0.178. The minimum absolute atomic E-state index is 0.0960. The second-order valence-corrected chi connectivity index (χ2v) is 9.06. The monoisotopic (exact) mass is 439 g/mol. The molecule has 5 nitrogen and oxygen atoms in total. The lowest BCUT2D eigenvalue weighted by molar-refractivity contribution is -0.274. The van der Waals surface area contributed by atoms with Gasteiger partial charge in [-0.25, -0.2) is 0 Å². The number of anilines is 1. The van der Waals surface area contributed by atoms with Crippen molar-refractivity contribution in [3.8, 4) is 5.75 Å². The predicted octanol–water partition coefficient (Wildman–Crippen LogP) is 4.64. The summed E-state index contributed by atoms with van der Waals surface area (Å²) in [6.45, 7) is 3.70. The highest BCUT2D eigenvalue weighted by molar-refractivity contribution is 5.79. The van der Waals surface area contributed by atoms with Crippen LogP contribution in [0.25, 0.3) is 0 Å². The number of halogens is 3.